The lowest BCUT2D eigenvalue weighted by atomic mass is 9.97. The summed E-state index contributed by atoms with van der Waals surface area (Å²) in [4.78, 5) is 19.7. The number of nitrogens with one attached hydrogen (secondary N) is 1. The molecule has 0 bridgehead atoms. The summed E-state index contributed by atoms with van der Waals surface area (Å²) in [6, 6.07) is 10.1. The third kappa shape index (κ3) is 5.24. The number of ether oxygens (including phenoxy) is 1. The highest BCUT2D eigenvalue weighted by atomic mass is 32.2. The maximum Gasteiger partial charge on any atom is 0.573 e. The number of benzene rings is 2. The van der Waals surface area contributed by atoms with Crippen LogP contribution in [0.4, 0.5) is 17.6 Å². The summed E-state index contributed by atoms with van der Waals surface area (Å²) in [5.74, 6) is -0.898. The Morgan fingerprint density at radius 2 is 1.74 bits per heavy atom. The number of aromatic amines is 1. The zero-order valence-corrected chi connectivity index (χ0v) is 20.3. The van der Waals surface area contributed by atoms with Gasteiger partial charge in [0, 0.05) is 24.6 Å². The Balaban J connectivity index is 1.32. The molecule has 0 amide bonds. The van der Waals surface area contributed by atoms with E-state index in [1.165, 1.54) is 15.1 Å². The van der Waals surface area contributed by atoms with Crippen molar-refractivity contribution >= 4 is 21.2 Å². The molecule has 1 aliphatic rings. The fraction of sp³-hybridized carbons (Fsp3) is 0.304. The minimum atomic E-state index is -4.88. The first-order valence-electron chi connectivity index (χ1n) is 11.4. The van der Waals surface area contributed by atoms with Gasteiger partial charge in [-0.05, 0) is 43.2 Å². The number of nitrogens with zero attached hydrogens (tertiary/aromatic N) is 5. The lowest BCUT2D eigenvalue weighted by Gasteiger charge is -2.30. The second-order valence-electron chi connectivity index (χ2n) is 8.66. The standard InChI is InChI=1S/C23H20F4N6O4S/c24-18-4-2-1-3-15(18)13-33-21-19(30-31-33)22(34)29-20(28-21)14-9-11-32(12-10-14)38(35,36)17-7-5-16(6-8-17)37-23(25,26)27/h1-8,14H,9-13H2,(H,28,29,34). The number of rotatable bonds is 6. The molecule has 0 aliphatic carbocycles. The Bertz CT molecular complexity index is 1630. The van der Waals surface area contributed by atoms with Gasteiger partial charge >= 0.3 is 6.36 Å². The molecular formula is C23H20F4N6O4S. The smallest absolute Gasteiger partial charge is 0.406 e. The van der Waals surface area contributed by atoms with Gasteiger partial charge in [0.1, 0.15) is 17.4 Å². The maximum atomic E-state index is 14.1. The van der Waals surface area contributed by atoms with Crippen LogP contribution < -0.4 is 10.3 Å². The summed E-state index contributed by atoms with van der Waals surface area (Å²) in [6.45, 7) is 0.215. The van der Waals surface area contributed by atoms with E-state index >= 15 is 0 Å². The highest BCUT2D eigenvalue weighted by molar-refractivity contribution is 7.89. The molecule has 1 fully saturated rings. The van der Waals surface area contributed by atoms with Gasteiger partial charge in [0.15, 0.2) is 11.2 Å². The summed E-state index contributed by atoms with van der Waals surface area (Å²) >= 11 is 0. The van der Waals surface area contributed by atoms with Crippen molar-refractivity contribution in [2.75, 3.05) is 13.1 Å². The zero-order valence-electron chi connectivity index (χ0n) is 19.5. The van der Waals surface area contributed by atoms with Crippen molar-refractivity contribution in [3.05, 3.63) is 76.1 Å². The molecule has 0 radical (unpaired) electrons. The molecule has 2 aromatic heterocycles. The summed E-state index contributed by atoms with van der Waals surface area (Å²) in [5, 5.41) is 7.80. The Morgan fingerprint density at radius 3 is 2.39 bits per heavy atom. The predicted octanol–water partition coefficient (Wildman–Crippen LogP) is 3.17. The predicted molar refractivity (Wildman–Crippen MR) is 125 cm³/mol. The molecular weight excluding hydrogens is 532 g/mol. The van der Waals surface area contributed by atoms with Gasteiger partial charge in [-0.2, -0.15) is 4.31 Å². The van der Waals surface area contributed by atoms with E-state index in [0.29, 0.717) is 24.2 Å². The van der Waals surface area contributed by atoms with Crippen LogP contribution in [0.3, 0.4) is 0 Å². The molecule has 10 nitrogen and oxygen atoms in total. The number of alkyl halides is 3. The fourth-order valence-electron chi connectivity index (χ4n) is 4.30. The van der Waals surface area contributed by atoms with Crippen molar-refractivity contribution in [1.29, 1.82) is 0 Å². The molecule has 200 valence electrons. The minimum absolute atomic E-state index is 0.00283. The van der Waals surface area contributed by atoms with E-state index in [0.717, 1.165) is 24.3 Å². The molecule has 1 aliphatic heterocycles. The minimum Gasteiger partial charge on any atom is -0.406 e. The van der Waals surface area contributed by atoms with Crippen LogP contribution in [0.25, 0.3) is 11.2 Å². The molecule has 0 saturated carbocycles. The quantitative estimate of drug-likeness (QED) is 0.365. The van der Waals surface area contributed by atoms with Crippen LogP contribution in [0.5, 0.6) is 5.75 Å². The van der Waals surface area contributed by atoms with Crippen molar-refractivity contribution in [2.45, 2.75) is 36.6 Å². The fourth-order valence-corrected chi connectivity index (χ4v) is 5.77. The third-order valence-corrected chi connectivity index (χ3v) is 8.12. The SMILES string of the molecule is O=c1[nH]c(C2CCN(S(=O)(=O)c3ccc(OC(F)(F)F)cc3)CC2)nc2c1nnn2Cc1ccccc1F. The van der Waals surface area contributed by atoms with Gasteiger partial charge in [-0.3, -0.25) is 4.79 Å². The zero-order chi connectivity index (χ0) is 27.1. The first kappa shape index (κ1) is 25.8. The van der Waals surface area contributed by atoms with Crippen molar-refractivity contribution < 1.29 is 30.7 Å². The summed E-state index contributed by atoms with van der Waals surface area (Å²) in [7, 11) is -3.96. The molecule has 1 N–H and O–H groups in total. The van der Waals surface area contributed by atoms with Crippen LogP contribution in [0.15, 0.2) is 58.2 Å². The first-order chi connectivity index (χ1) is 18.0. The molecule has 5 rings (SSSR count). The van der Waals surface area contributed by atoms with Gasteiger partial charge in [-0.1, -0.05) is 23.4 Å². The molecule has 3 heterocycles. The van der Waals surface area contributed by atoms with E-state index in [-0.39, 0.29) is 41.6 Å². The number of aromatic nitrogens is 5. The maximum absolute atomic E-state index is 14.1. The lowest BCUT2D eigenvalue weighted by Crippen LogP contribution is -2.38. The van der Waals surface area contributed by atoms with Crippen LogP contribution in [0.1, 0.15) is 30.1 Å². The topological polar surface area (TPSA) is 123 Å². The molecule has 15 heteroatoms. The average Bonchev–Trinajstić information content (AvgIpc) is 3.28. The van der Waals surface area contributed by atoms with Crippen LogP contribution in [0.2, 0.25) is 0 Å². The van der Waals surface area contributed by atoms with E-state index in [4.69, 9.17) is 0 Å². The number of H-pyrrole nitrogens is 1. The highest BCUT2D eigenvalue weighted by Gasteiger charge is 2.33. The molecule has 0 spiro atoms. The van der Waals surface area contributed by atoms with E-state index in [1.54, 1.807) is 18.2 Å². The van der Waals surface area contributed by atoms with Crippen molar-refractivity contribution in [3.63, 3.8) is 0 Å². The van der Waals surface area contributed by atoms with Gasteiger partial charge < -0.3 is 9.72 Å². The van der Waals surface area contributed by atoms with Crippen molar-refractivity contribution in [3.8, 4) is 5.75 Å². The number of sulfonamides is 1. The van der Waals surface area contributed by atoms with E-state index in [9.17, 15) is 30.8 Å². The van der Waals surface area contributed by atoms with Crippen LogP contribution in [-0.4, -0.2) is 57.1 Å². The van der Waals surface area contributed by atoms with Crippen LogP contribution >= 0.6 is 0 Å². The molecule has 0 unspecified atom stereocenters. The molecule has 4 aromatic rings. The Kier molecular flexibility index (Phi) is 6.65. The van der Waals surface area contributed by atoms with Crippen molar-refractivity contribution in [2.24, 2.45) is 0 Å². The van der Waals surface area contributed by atoms with Crippen molar-refractivity contribution in [1.82, 2.24) is 29.3 Å². The van der Waals surface area contributed by atoms with Gasteiger partial charge in [-0.15, -0.1) is 18.3 Å². The second-order valence-corrected chi connectivity index (χ2v) is 10.6. The lowest BCUT2D eigenvalue weighted by molar-refractivity contribution is -0.274. The number of hydrogen-bond acceptors (Lipinski definition) is 7. The van der Waals surface area contributed by atoms with Gasteiger partial charge in [0.05, 0.1) is 11.4 Å². The van der Waals surface area contributed by atoms with Gasteiger partial charge in [0.25, 0.3) is 5.56 Å². The Labute approximate surface area is 212 Å². The van der Waals surface area contributed by atoms with E-state index in [1.807, 2.05) is 0 Å². The number of fused-ring (bicyclic) bond motifs is 1. The first-order valence-corrected chi connectivity index (χ1v) is 12.9. The summed E-state index contributed by atoms with van der Waals surface area (Å²) in [5.41, 5.74) is 0.0201. The third-order valence-electron chi connectivity index (χ3n) is 6.21. The van der Waals surface area contributed by atoms with Gasteiger partial charge in [0.2, 0.25) is 10.0 Å². The molecule has 2 aromatic carbocycles. The molecule has 0 atom stereocenters. The molecule has 1 saturated heterocycles. The molecule has 38 heavy (non-hydrogen) atoms. The monoisotopic (exact) mass is 552 g/mol. The Hall–Kier alpha value is -3.85. The van der Waals surface area contributed by atoms with Crippen LogP contribution in [0, 0.1) is 5.82 Å². The second kappa shape index (κ2) is 9.79. The largest absolute Gasteiger partial charge is 0.573 e. The normalized spacial score (nSPS) is 15.7. The number of piperidine rings is 1. The van der Waals surface area contributed by atoms with Gasteiger partial charge in [-0.25, -0.2) is 22.5 Å². The summed E-state index contributed by atoms with van der Waals surface area (Å²) in [6.07, 6.45) is -4.22. The number of hydrogen-bond donors (Lipinski definition) is 1. The van der Waals surface area contributed by atoms with Crippen LogP contribution in [-0.2, 0) is 16.6 Å². The highest BCUT2D eigenvalue weighted by Crippen LogP contribution is 2.30. The van der Waals surface area contributed by atoms with E-state index < -0.39 is 33.5 Å². The average molecular weight is 553 g/mol. The number of halogens is 4. The summed E-state index contributed by atoms with van der Waals surface area (Å²) < 4.78 is 83.6. The Morgan fingerprint density at radius 1 is 1.05 bits per heavy atom. The van der Waals surface area contributed by atoms with E-state index in [2.05, 4.69) is 25.0 Å².